The maximum absolute atomic E-state index is 12.1. The lowest BCUT2D eigenvalue weighted by Crippen LogP contribution is -2.48. The lowest BCUT2D eigenvalue weighted by Gasteiger charge is -2.35. The first-order chi connectivity index (χ1) is 9.94. The normalized spacial score (nSPS) is 15.6. The van der Waals surface area contributed by atoms with E-state index in [-0.39, 0.29) is 6.61 Å². The van der Waals surface area contributed by atoms with E-state index in [9.17, 15) is 19.5 Å². The SMILES string of the molecule is NC(=O)COc1cccc(NC(=O)C2(C(=O)O)CCC2)c1. The van der Waals surface area contributed by atoms with Crippen LogP contribution in [-0.2, 0) is 14.4 Å². The molecule has 1 saturated carbocycles. The molecule has 1 aromatic rings. The van der Waals surface area contributed by atoms with Gasteiger partial charge in [0, 0.05) is 11.8 Å². The summed E-state index contributed by atoms with van der Waals surface area (Å²) in [6, 6.07) is 6.35. The Morgan fingerprint density at radius 3 is 2.57 bits per heavy atom. The first-order valence-electron chi connectivity index (χ1n) is 6.50. The molecular weight excluding hydrogens is 276 g/mol. The third-order valence-corrected chi connectivity index (χ3v) is 3.52. The Kier molecular flexibility index (Phi) is 4.11. The summed E-state index contributed by atoms with van der Waals surface area (Å²) in [4.78, 5) is 34.0. The van der Waals surface area contributed by atoms with Crippen molar-refractivity contribution in [3.8, 4) is 5.75 Å². The number of aliphatic carboxylic acids is 1. The molecule has 7 heteroatoms. The van der Waals surface area contributed by atoms with Crippen molar-refractivity contribution in [3.05, 3.63) is 24.3 Å². The van der Waals surface area contributed by atoms with Gasteiger partial charge in [0.25, 0.3) is 5.91 Å². The minimum Gasteiger partial charge on any atom is -0.484 e. The predicted molar refractivity (Wildman–Crippen MR) is 73.7 cm³/mol. The van der Waals surface area contributed by atoms with E-state index < -0.39 is 23.2 Å². The zero-order valence-electron chi connectivity index (χ0n) is 11.3. The van der Waals surface area contributed by atoms with Crippen LogP contribution in [0.4, 0.5) is 5.69 Å². The van der Waals surface area contributed by atoms with Crippen LogP contribution in [0.2, 0.25) is 0 Å². The smallest absolute Gasteiger partial charge is 0.319 e. The summed E-state index contributed by atoms with van der Waals surface area (Å²) >= 11 is 0. The van der Waals surface area contributed by atoms with E-state index in [1.807, 2.05) is 0 Å². The van der Waals surface area contributed by atoms with Gasteiger partial charge in [0.05, 0.1) is 0 Å². The molecule has 2 amide bonds. The Labute approximate surface area is 121 Å². The van der Waals surface area contributed by atoms with Crippen molar-refractivity contribution in [1.82, 2.24) is 0 Å². The van der Waals surface area contributed by atoms with Gasteiger partial charge >= 0.3 is 5.97 Å². The Morgan fingerprint density at radius 2 is 2.05 bits per heavy atom. The summed E-state index contributed by atoms with van der Waals surface area (Å²) in [6.45, 7) is -0.267. The number of hydrogen-bond acceptors (Lipinski definition) is 4. The van der Waals surface area contributed by atoms with Crippen LogP contribution < -0.4 is 15.8 Å². The second-order valence-corrected chi connectivity index (χ2v) is 4.98. The first kappa shape index (κ1) is 14.8. The maximum Gasteiger partial charge on any atom is 0.319 e. The molecule has 0 bridgehead atoms. The minimum atomic E-state index is -1.33. The molecule has 0 aromatic heterocycles. The zero-order valence-corrected chi connectivity index (χ0v) is 11.3. The molecule has 0 spiro atoms. The molecule has 0 unspecified atom stereocenters. The van der Waals surface area contributed by atoms with Crippen LogP contribution in [0, 0.1) is 5.41 Å². The molecule has 0 radical (unpaired) electrons. The molecule has 7 nitrogen and oxygen atoms in total. The van der Waals surface area contributed by atoms with Crippen molar-refractivity contribution in [2.24, 2.45) is 11.1 Å². The van der Waals surface area contributed by atoms with Crippen molar-refractivity contribution in [3.63, 3.8) is 0 Å². The average Bonchev–Trinajstić information content (AvgIpc) is 2.34. The summed E-state index contributed by atoms with van der Waals surface area (Å²) in [7, 11) is 0. The second-order valence-electron chi connectivity index (χ2n) is 4.98. The van der Waals surface area contributed by atoms with Gasteiger partial charge in [-0.25, -0.2) is 0 Å². The number of amides is 2. The van der Waals surface area contributed by atoms with Crippen molar-refractivity contribution in [2.75, 3.05) is 11.9 Å². The molecule has 0 heterocycles. The van der Waals surface area contributed by atoms with E-state index in [1.165, 1.54) is 6.07 Å². The number of nitrogens with one attached hydrogen (secondary N) is 1. The molecule has 0 aliphatic heterocycles. The van der Waals surface area contributed by atoms with Crippen molar-refractivity contribution in [2.45, 2.75) is 19.3 Å². The topological polar surface area (TPSA) is 119 Å². The number of carbonyl (C=O) groups excluding carboxylic acids is 2. The molecule has 112 valence electrons. The summed E-state index contributed by atoms with van der Waals surface area (Å²) < 4.78 is 5.12. The van der Waals surface area contributed by atoms with Gasteiger partial charge in [-0.05, 0) is 25.0 Å². The summed E-state index contributed by atoms with van der Waals surface area (Å²) in [5, 5.41) is 11.8. The van der Waals surface area contributed by atoms with Gasteiger partial charge in [0.1, 0.15) is 11.2 Å². The fourth-order valence-electron chi connectivity index (χ4n) is 2.14. The highest BCUT2D eigenvalue weighted by Gasteiger charge is 2.51. The van der Waals surface area contributed by atoms with Crippen LogP contribution in [0.5, 0.6) is 5.75 Å². The standard InChI is InChI=1S/C14H16N2O5/c15-11(17)8-21-10-4-1-3-9(7-10)16-12(18)14(13(19)20)5-2-6-14/h1,3-4,7H,2,5-6,8H2,(H2,15,17)(H,16,18)(H,19,20). The molecule has 21 heavy (non-hydrogen) atoms. The lowest BCUT2D eigenvalue weighted by molar-refractivity contribution is -0.159. The highest BCUT2D eigenvalue weighted by molar-refractivity contribution is 6.09. The van der Waals surface area contributed by atoms with Crippen LogP contribution in [0.25, 0.3) is 0 Å². The minimum absolute atomic E-state index is 0.267. The molecule has 1 aliphatic carbocycles. The van der Waals surface area contributed by atoms with Crippen LogP contribution in [0.1, 0.15) is 19.3 Å². The second kappa shape index (κ2) is 5.82. The molecular formula is C14H16N2O5. The van der Waals surface area contributed by atoms with Crippen LogP contribution >= 0.6 is 0 Å². The quantitative estimate of drug-likeness (QED) is 0.668. The predicted octanol–water partition coefficient (Wildman–Crippen LogP) is 0.744. The van der Waals surface area contributed by atoms with Crippen LogP contribution in [0.3, 0.4) is 0 Å². The van der Waals surface area contributed by atoms with Crippen LogP contribution in [-0.4, -0.2) is 29.5 Å². The molecule has 4 N–H and O–H groups in total. The molecule has 0 atom stereocenters. The van der Waals surface area contributed by atoms with E-state index in [0.717, 1.165) is 6.42 Å². The Bertz CT molecular complexity index is 580. The number of benzene rings is 1. The van der Waals surface area contributed by atoms with Crippen molar-refractivity contribution >= 4 is 23.5 Å². The number of hydrogen-bond donors (Lipinski definition) is 3. The van der Waals surface area contributed by atoms with Crippen molar-refractivity contribution < 1.29 is 24.2 Å². The molecule has 0 saturated heterocycles. The third kappa shape index (κ3) is 3.13. The molecule has 2 rings (SSSR count). The number of rotatable bonds is 6. The van der Waals surface area contributed by atoms with Gasteiger partial charge in [0.2, 0.25) is 5.91 Å². The third-order valence-electron chi connectivity index (χ3n) is 3.52. The van der Waals surface area contributed by atoms with Gasteiger partial charge in [-0.2, -0.15) is 0 Å². The Hall–Kier alpha value is -2.57. The molecule has 1 fully saturated rings. The number of nitrogens with two attached hydrogens (primary N) is 1. The number of carbonyl (C=O) groups is 3. The van der Waals surface area contributed by atoms with E-state index in [2.05, 4.69) is 5.32 Å². The zero-order chi connectivity index (χ0) is 15.5. The number of anilines is 1. The number of primary amides is 1. The van der Waals surface area contributed by atoms with E-state index in [1.54, 1.807) is 18.2 Å². The monoisotopic (exact) mass is 292 g/mol. The number of carboxylic acid groups (broad SMARTS) is 1. The Morgan fingerprint density at radius 1 is 1.33 bits per heavy atom. The summed E-state index contributed by atoms with van der Waals surface area (Å²) in [5.74, 6) is -1.88. The van der Waals surface area contributed by atoms with Gasteiger partial charge < -0.3 is 20.9 Å². The summed E-state index contributed by atoms with van der Waals surface area (Å²) in [6.07, 6.45) is 1.40. The van der Waals surface area contributed by atoms with Gasteiger partial charge in [-0.3, -0.25) is 14.4 Å². The number of carboxylic acids is 1. The lowest BCUT2D eigenvalue weighted by atomic mass is 9.68. The summed E-state index contributed by atoms with van der Waals surface area (Å²) in [5.41, 5.74) is 4.06. The molecule has 1 aliphatic rings. The van der Waals surface area contributed by atoms with E-state index in [4.69, 9.17) is 10.5 Å². The van der Waals surface area contributed by atoms with Crippen molar-refractivity contribution in [1.29, 1.82) is 0 Å². The Balaban J connectivity index is 2.05. The average molecular weight is 292 g/mol. The number of ether oxygens (including phenoxy) is 1. The van der Waals surface area contributed by atoms with E-state index in [0.29, 0.717) is 24.3 Å². The van der Waals surface area contributed by atoms with Gasteiger partial charge in [0.15, 0.2) is 6.61 Å². The fourth-order valence-corrected chi connectivity index (χ4v) is 2.14. The van der Waals surface area contributed by atoms with Gasteiger partial charge in [-0.1, -0.05) is 12.5 Å². The maximum atomic E-state index is 12.1. The molecule has 1 aromatic carbocycles. The highest BCUT2D eigenvalue weighted by Crippen LogP contribution is 2.42. The fraction of sp³-hybridized carbons (Fsp3) is 0.357. The van der Waals surface area contributed by atoms with E-state index >= 15 is 0 Å². The largest absolute Gasteiger partial charge is 0.484 e. The van der Waals surface area contributed by atoms with Crippen LogP contribution in [0.15, 0.2) is 24.3 Å². The van der Waals surface area contributed by atoms with Gasteiger partial charge in [-0.15, -0.1) is 0 Å². The first-order valence-corrected chi connectivity index (χ1v) is 6.50. The highest BCUT2D eigenvalue weighted by atomic mass is 16.5.